The first-order valence-electron chi connectivity index (χ1n) is 6.02. The van der Waals surface area contributed by atoms with Crippen LogP contribution < -0.4 is 5.73 Å². The van der Waals surface area contributed by atoms with Crippen molar-refractivity contribution in [3.63, 3.8) is 0 Å². The van der Waals surface area contributed by atoms with Crippen LogP contribution in [0.3, 0.4) is 0 Å². The zero-order chi connectivity index (χ0) is 11.4. The number of likely N-dealkylation sites (tertiary alicyclic amines) is 1. The van der Waals surface area contributed by atoms with Crippen LogP contribution in [0.5, 0.6) is 0 Å². The SMILES string of the molecule is CC(CN)CC(=O)N1CCC(C(C)C)C1. The van der Waals surface area contributed by atoms with Crippen LogP contribution in [0.1, 0.15) is 33.6 Å². The fourth-order valence-electron chi connectivity index (χ4n) is 2.07. The van der Waals surface area contributed by atoms with E-state index in [0.717, 1.165) is 13.1 Å². The Balaban J connectivity index is 2.36. The number of nitrogens with two attached hydrogens (primary N) is 1. The van der Waals surface area contributed by atoms with Gasteiger partial charge in [-0.3, -0.25) is 4.79 Å². The van der Waals surface area contributed by atoms with Gasteiger partial charge in [-0.15, -0.1) is 0 Å². The Hall–Kier alpha value is -0.570. The van der Waals surface area contributed by atoms with E-state index in [1.54, 1.807) is 0 Å². The smallest absolute Gasteiger partial charge is 0.222 e. The van der Waals surface area contributed by atoms with Gasteiger partial charge in [0.2, 0.25) is 5.91 Å². The third-order valence-corrected chi connectivity index (χ3v) is 3.45. The standard InChI is InChI=1S/C12H24N2O/c1-9(2)11-4-5-14(8-11)12(15)6-10(3)7-13/h9-11H,4-8,13H2,1-3H3. The molecule has 0 aliphatic carbocycles. The summed E-state index contributed by atoms with van der Waals surface area (Å²) in [6.07, 6.45) is 1.78. The zero-order valence-electron chi connectivity index (χ0n) is 10.2. The highest BCUT2D eigenvalue weighted by molar-refractivity contribution is 5.76. The Morgan fingerprint density at radius 3 is 2.60 bits per heavy atom. The van der Waals surface area contributed by atoms with E-state index in [9.17, 15) is 4.79 Å². The van der Waals surface area contributed by atoms with Crippen LogP contribution in [0, 0.1) is 17.8 Å². The fraction of sp³-hybridized carbons (Fsp3) is 0.917. The minimum Gasteiger partial charge on any atom is -0.342 e. The Morgan fingerprint density at radius 1 is 1.47 bits per heavy atom. The molecule has 1 aliphatic heterocycles. The lowest BCUT2D eigenvalue weighted by atomic mass is 9.95. The van der Waals surface area contributed by atoms with Crippen molar-refractivity contribution in [2.24, 2.45) is 23.5 Å². The molecule has 0 radical (unpaired) electrons. The van der Waals surface area contributed by atoms with Gasteiger partial charge in [-0.25, -0.2) is 0 Å². The van der Waals surface area contributed by atoms with Gasteiger partial charge in [0.1, 0.15) is 0 Å². The Morgan fingerprint density at radius 2 is 2.13 bits per heavy atom. The van der Waals surface area contributed by atoms with Crippen molar-refractivity contribution in [3.05, 3.63) is 0 Å². The molecule has 0 aromatic rings. The number of carbonyl (C=O) groups is 1. The number of carbonyl (C=O) groups excluding carboxylic acids is 1. The molecule has 88 valence electrons. The van der Waals surface area contributed by atoms with Crippen LogP contribution in [0.2, 0.25) is 0 Å². The molecule has 1 heterocycles. The van der Waals surface area contributed by atoms with E-state index in [0.29, 0.717) is 30.7 Å². The Labute approximate surface area is 93.0 Å². The van der Waals surface area contributed by atoms with E-state index in [1.807, 2.05) is 11.8 Å². The lowest BCUT2D eigenvalue weighted by molar-refractivity contribution is -0.131. The maximum absolute atomic E-state index is 11.9. The van der Waals surface area contributed by atoms with Crippen LogP contribution in [0.15, 0.2) is 0 Å². The molecule has 2 unspecified atom stereocenters. The highest BCUT2D eigenvalue weighted by Gasteiger charge is 2.28. The molecule has 1 saturated heterocycles. The molecule has 3 nitrogen and oxygen atoms in total. The first-order chi connectivity index (χ1) is 7.04. The Kier molecular flexibility index (Phi) is 4.58. The number of rotatable bonds is 4. The lowest BCUT2D eigenvalue weighted by Gasteiger charge is -2.19. The van der Waals surface area contributed by atoms with Crippen molar-refractivity contribution in [1.82, 2.24) is 4.90 Å². The fourth-order valence-corrected chi connectivity index (χ4v) is 2.07. The van der Waals surface area contributed by atoms with Crippen LogP contribution in [-0.4, -0.2) is 30.4 Å². The van der Waals surface area contributed by atoms with Crippen molar-refractivity contribution in [1.29, 1.82) is 0 Å². The van der Waals surface area contributed by atoms with Gasteiger partial charge >= 0.3 is 0 Å². The van der Waals surface area contributed by atoms with Crippen LogP contribution in [-0.2, 0) is 4.79 Å². The van der Waals surface area contributed by atoms with E-state index >= 15 is 0 Å². The van der Waals surface area contributed by atoms with Gasteiger partial charge < -0.3 is 10.6 Å². The minimum absolute atomic E-state index is 0.288. The van der Waals surface area contributed by atoms with E-state index in [2.05, 4.69) is 13.8 Å². The Bertz CT molecular complexity index is 216. The third-order valence-electron chi connectivity index (χ3n) is 3.45. The molecule has 2 atom stereocenters. The van der Waals surface area contributed by atoms with Crippen molar-refractivity contribution >= 4 is 5.91 Å². The van der Waals surface area contributed by atoms with Gasteiger partial charge in [-0.1, -0.05) is 20.8 Å². The summed E-state index contributed by atoms with van der Waals surface area (Å²) in [7, 11) is 0. The number of amides is 1. The van der Waals surface area contributed by atoms with Crippen molar-refractivity contribution in [2.75, 3.05) is 19.6 Å². The average Bonchev–Trinajstić information content (AvgIpc) is 2.66. The molecule has 1 rings (SSSR count). The van der Waals surface area contributed by atoms with Gasteiger partial charge in [0.15, 0.2) is 0 Å². The molecule has 3 heteroatoms. The second-order valence-corrected chi connectivity index (χ2v) is 5.18. The predicted molar refractivity (Wildman–Crippen MR) is 62.4 cm³/mol. The topological polar surface area (TPSA) is 46.3 Å². The second kappa shape index (κ2) is 5.50. The molecule has 0 saturated carbocycles. The molecule has 1 amide bonds. The summed E-state index contributed by atoms with van der Waals surface area (Å²) in [4.78, 5) is 13.9. The minimum atomic E-state index is 0.288. The van der Waals surface area contributed by atoms with E-state index in [-0.39, 0.29) is 5.91 Å². The molecular weight excluding hydrogens is 188 g/mol. The summed E-state index contributed by atoms with van der Waals surface area (Å²) in [6.45, 7) is 9.01. The van der Waals surface area contributed by atoms with Crippen molar-refractivity contribution in [3.8, 4) is 0 Å². The number of nitrogens with zero attached hydrogens (tertiary/aromatic N) is 1. The maximum atomic E-state index is 11.9. The van der Waals surface area contributed by atoms with Crippen molar-refractivity contribution in [2.45, 2.75) is 33.6 Å². The summed E-state index contributed by atoms with van der Waals surface area (Å²) in [5, 5.41) is 0. The quantitative estimate of drug-likeness (QED) is 0.767. The molecule has 1 fully saturated rings. The highest BCUT2D eigenvalue weighted by Crippen LogP contribution is 2.24. The summed E-state index contributed by atoms with van der Waals surface area (Å²) in [5.74, 6) is 1.99. The van der Waals surface area contributed by atoms with Crippen LogP contribution >= 0.6 is 0 Å². The van der Waals surface area contributed by atoms with Gasteiger partial charge in [-0.2, -0.15) is 0 Å². The molecule has 15 heavy (non-hydrogen) atoms. The molecule has 0 aromatic heterocycles. The lowest BCUT2D eigenvalue weighted by Crippen LogP contribution is -2.31. The van der Waals surface area contributed by atoms with Gasteiger partial charge in [0, 0.05) is 19.5 Å². The molecule has 0 spiro atoms. The first-order valence-corrected chi connectivity index (χ1v) is 6.02. The summed E-state index contributed by atoms with van der Waals surface area (Å²) in [5.41, 5.74) is 5.52. The maximum Gasteiger partial charge on any atom is 0.222 e. The second-order valence-electron chi connectivity index (χ2n) is 5.18. The number of hydrogen-bond acceptors (Lipinski definition) is 2. The highest BCUT2D eigenvalue weighted by atomic mass is 16.2. The summed E-state index contributed by atoms with van der Waals surface area (Å²) >= 11 is 0. The molecule has 1 aliphatic rings. The monoisotopic (exact) mass is 212 g/mol. The van der Waals surface area contributed by atoms with E-state index in [4.69, 9.17) is 5.73 Å². The van der Waals surface area contributed by atoms with E-state index in [1.165, 1.54) is 6.42 Å². The van der Waals surface area contributed by atoms with E-state index < -0.39 is 0 Å². The third kappa shape index (κ3) is 3.49. The molecular formula is C12H24N2O. The normalized spacial score (nSPS) is 23.5. The molecule has 2 N–H and O–H groups in total. The van der Waals surface area contributed by atoms with Gasteiger partial charge in [-0.05, 0) is 30.7 Å². The summed E-state index contributed by atoms with van der Waals surface area (Å²) in [6, 6.07) is 0. The largest absolute Gasteiger partial charge is 0.342 e. The van der Waals surface area contributed by atoms with Crippen LogP contribution in [0.4, 0.5) is 0 Å². The van der Waals surface area contributed by atoms with Crippen LogP contribution in [0.25, 0.3) is 0 Å². The average molecular weight is 212 g/mol. The molecule has 0 bridgehead atoms. The van der Waals surface area contributed by atoms with Gasteiger partial charge in [0.25, 0.3) is 0 Å². The summed E-state index contributed by atoms with van der Waals surface area (Å²) < 4.78 is 0. The van der Waals surface area contributed by atoms with Crippen molar-refractivity contribution < 1.29 is 4.79 Å². The predicted octanol–water partition coefficient (Wildman–Crippen LogP) is 1.48. The number of hydrogen-bond donors (Lipinski definition) is 1. The van der Waals surface area contributed by atoms with Gasteiger partial charge in [0.05, 0.1) is 0 Å². The molecule has 0 aromatic carbocycles. The first kappa shape index (κ1) is 12.5. The zero-order valence-corrected chi connectivity index (χ0v) is 10.2.